The summed E-state index contributed by atoms with van der Waals surface area (Å²) in [5, 5.41) is 16.0. The van der Waals surface area contributed by atoms with E-state index in [0.717, 1.165) is 31.9 Å². The number of amides is 2. The number of alkyl halides is 3. The second-order valence-corrected chi connectivity index (χ2v) is 6.78. The molecule has 12 heteroatoms. The van der Waals surface area contributed by atoms with Crippen LogP contribution in [0.5, 0.6) is 5.88 Å². The molecule has 1 aliphatic rings. The number of hydrogen-bond donors (Lipinski definition) is 2. The maximum Gasteiger partial charge on any atom is 0.434 e. The molecule has 0 spiro atoms. The molecule has 0 aliphatic heterocycles. The molecule has 2 N–H and O–H groups in total. The van der Waals surface area contributed by atoms with E-state index in [9.17, 15) is 22.8 Å². The summed E-state index contributed by atoms with van der Waals surface area (Å²) >= 11 is 0. The average molecular weight is 426 g/mol. The Morgan fingerprint density at radius 1 is 1.17 bits per heavy atom. The van der Waals surface area contributed by atoms with Gasteiger partial charge in [-0.15, -0.1) is 10.2 Å². The second-order valence-electron chi connectivity index (χ2n) is 6.78. The lowest BCUT2D eigenvalue weighted by molar-refractivity contribution is -0.143. The molecule has 1 fully saturated rings. The zero-order valence-corrected chi connectivity index (χ0v) is 16.2. The summed E-state index contributed by atoms with van der Waals surface area (Å²) < 4.78 is 46.2. The Hall–Kier alpha value is -3.18. The standard InChI is InChI=1S/C18H21F3N6O3/c1-30-14-7-6-13(25-26-14)27-15(18(19,20)21)12(10-24-27)17(29)23-9-8-22-16(28)11-4-2-3-5-11/h6-7,10-11H,2-5,8-9H2,1H3,(H,22,28)(H,23,29). The fourth-order valence-corrected chi connectivity index (χ4v) is 3.29. The van der Waals surface area contributed by atoms with Crippen molar-refractivity contribution in [1.29, 1.82) is 0 Å². The van der Waals surface area contributed by atoms with Gasteiger partial charge in [0, 0.05) is 25.1 Å². The molecular weight excluding hydrogens is 405 g/mol. The summed E-state index contributed by atoms with van der Waals surface area (Å²) in [6, 6.07) is 2.57. The largest absolute Gasteiger partial charge is 0.480 e. The smallest absolute Gasteiger partial charge is 0.434 e. The van der Waals surface area contributed by atoms with Crippen molar-refractivity contribution in [3.05, 3.63) is 29.6 Å². The van der Waals surface area contributed by atoms with Gasteiger partial charge in [-0.3, -0.25) is 9.59 Å². The highest BCUT2D eigenvalue weighted by molar-refractivity contribution is 5.95. The number of aromatic nitrogens is 4. The fourth-order valence-electron chi connectivity index (χ4n) is 3.29. The summed E-state index contributed by atoms with van der Waals surface area (Å²) in [5.41, 5.74) is -1.92. The minimum absolute atomic E-state index is 0.0118. The van der Waals surface area contributed by atoms with Gasteiger partial charge in [0.25, 0.3) is 5.91 Å². The highest BCUT2D eigenvalue weighted by Crippen LogP contribution is 2.33. The molecule has 1 aliphatic carbocycles. The van der Waals surface area contributed by atoms with E-state index in [1.54, 1.807) is 0 Å². The molecule has 2 heterocycles. The molecule has 0 saturated heterocycles. The number of ether oxygens (including phenoxy) is 1. The number of nitrogens with zero attached hydrogens (tertiary/aromatic N) is 4. The van der Waals surface area contributed by atoms with Crippen molar-refractivity contribution >= 4 is 11.8 Å². The van der Waals surface area contributed by atoms with Gasteiger partial charge in [-0.2, -0.15) is 18.3 Å². The van der Waals surface area contributed by atoms with Gasteiger partial charge in [0.15, 0.2) is 11.5 Å². The van der Waals surface area contributed by atoms with Crippen LogP contribution < -0.4 is 15.4 Å². The molecule has 3 rings (SSSR count). The maximum atomic E-state index is 13.6. The summed E-state index contributed by atoms with van der Waals surface area (Å²) in [6.45, 7) is 0.114. The van der Waals surface area contributed by atoms with Crippen LogP contribution in [0.15, 0.2) is 18.3 Å². The zero-order chi connectivity index (χ0) is 21.7. The molecular formula is C18H21F3N6O3. The van der Waals surface area contributed by atoms with E-state index in [1.165, 1.54) is 19.2 Å². The van der Waals surface area contributed by atoms with Crippen LogP contribution in [0.2, 0.25) is 0 Å². The fraction of sp³-hybridized carbons (Fsp3) is 0.500. The molecule has 0 bridgehead atoms. The lowest BCUT2D eigenvalue weighted by Crippen LogP contribution is -2.37. The zero-order valence-electron chi connectivity index (χ0n) is 16.2. The normalized spacial score (nSPS) is 14.5. The number of methoxy groups -OCH3 is 1. The van der Waals surface area contributed by atoms with Crippen LogP contribution in [0.1, 0.15) is 41.7 Å². The van der Waals surface area contributed by atoms with Crippen LogP contribution >= 0.6 is 0 Å². The van der Waals surface area contributed by atoms with Gasteiger partial charge in [-0.1, -0.05) is 12.8 Å². The Bertz CT molecular complexity index is 892. The van der Waals surface area contributed by atoms with Gasteiger partial charge in [-0.05, 0) is 18.9 Å². The van der Waals surface area contributed by atoms with Crippen molar-refractivity contribution in [2.24, 2.45) is 5.92 Å². The Kier molecular flexibility index (Phi) is 6.53. The van der Waals surface area contributed by atoms with Crippen LogP contribution in [-0.2, 0) is 11.0 Å². The molecule has 9 nitrogen and oxygen atoms in total. The van der Waals surface area contributed by atoms with Gasteiger partial charge in [0.2, 0.25) is 11.8 Å². The summed E-state index contributed by atoms with van der Waals surface area (Å²) in [5.74, 6) is -1.17. The number of halogens is 3. The molecule has 2 aromatic rings. The van der Waals surface area contributed by atoms with Crippen LogP contribution in [0.25, 0.3) is 5.82 Å². The first-order chi connectivity index (χ1) is 14.3. The van der Waals surface area contributed by atoms with Crippen LogP contribution in [0.3, 0.4) is 0 Å². The van der Waals surface area contributed by atoms with Crippen molar-refractivity contribution in [1.82, 2.24) is 30.6 Å². The van der Waals surface area contributed by atoms with Gasteiger partial charge < -0.3 is 15.4 Å². The maximum absolute atomic E-state index is 13.6. The Morgan fingerprint density at radius 2 is 1.87 bits per heavy atom. The Morgan fingerprint density at radius 3 is 2.47 bits per heavy atom. The monoisotopic (exact) mass is 426 g/mol. The van der Waals surface area contributed by atoms with E-state index < -0.39 is 23.3 Å². The van der Waals surface area contributed by atoms with E-state index in [1.807, 2.05) is 0 Å². The van der Waals surface area contributed by atoms with Gasteiger partial charge in [0.05, 0.1) is 18.9 Å². The highest BCUT2D eigenvalue weighted by Gasteiger charge is 2.41. The van der Waals surface area contributed by atoms with Crippen LogP contribution in [0, 0.1) is 5.92 Å². The third-order valence-electron chi connectivity index (χ3n) is 4.77. The summed E-state index contributed by atoms with van der Waals surface area (Å²) in [7, 11) is 1.34. The average Bonchev–Trinajstić information content (AvgIpc) is 3.40. The molecule has 0 radical (unpaired) electrons. The molecule has 2 amide bonds. The van der Waals surface area contributed by atoms with E-state index in [4.69, 9.17) is 4.74 Å². The number of nitrogens with one attached hydrogen (secondary N) is 2. The van der Waals surface area contributed by atoms with E-state index in [0.29, 0.717) is 4.68 Å². The first kappa shape index (κ1) is 21.5. The number of carbonyl (C=O) groups excluding carboxylic acids is 2. The molecule has 1 saturated carbocycles. The van der Waals surface area contributed by atoms with Crippen molar-refractivity contribution in [3.8, 4) is 11.7 Å². The molecule has 162 valence electrons. The molecule has 30 heavy (non-hydrogen) atoms. The number of rotatable bonds is 7. The predicted octanol–water partition coefficient (Wildman–Crippen LogP) is 1.73. The third kappa shape index (κ3) is 4.86. The van der Waals surface area contributed by atoms with Crippen molar-refractivity contribution in [2.75, 3.05) is 20.2 Å². The molecule has 0 aromatic carbocycles. The first-order valence-corrected chi connectivity index (χ1v) is 9.40. The molecule has 0 atom stereocenters. The Labute approximate surface area is 170 Å². The van der Waals surface area contributed by atoms with E-state index in [-0.39, 0.29) is 36.6 Å². The van der Waals surface area contributed by atoms with Gasteiger partial charge >= 0.3 is 6.18 Å². The second kappa shape index (κ2) is 9.09. The lowest BCUT2D eigenvalue weighted by atomic mass is 10.1. The van der Waals surface area contributed by atoms with Crippen LogP contribution in [-0.4, -0.2) is 52.0 Å². The number of carbonyl (C=O) groups is 2. The van der Waals surface area contributed by atoms with Crippen molar-refractivity contribution < 1.29 is 27.5 Å². The topological polar surface area (TPSA) is 111 Å². The minimum atomic E-state index is -4.86. The van der Waals surface area contributed by atoms with Gasteiger partial charge in [-0.25, -0.2) is 4.68 Å². The van der Waals surface area contributed by atoms with Crippen LogP contribution in [0.4, 0.5) is 13.2 Å². The molecule has 2 aromatic heterocycles. The van der Waals surface area contributed by atoms with Gasteiger partial charge in [0.1, 0.15) is 0 Å². The van der Waals surface area contributed by atoms with Crippen molar-refractivity contribution in [2.45, 2.75) is 31.9 Å². The third-order valence-corrected chi connectivity index (χ3v) is 4.77. The lowest BCUT2D eigenvalue weighted by Gasteiger charge is -2.13. The molecule has 0 unspecified atom stereocenters. The summed E-state index contributed by atoms with van der Waals surface area (Å²) in [6.07, 6.45) is -0.348. The minimum Gasteiger partial charge on any atom is -0.480 e. The first-order valence-electron chi connectivity index (χ1n) is 9.40. The predicted molar refractivity (Wildman–Crippen MR) is 98.0 cm³/mol. The summed E-state index contributed by atoms with van der Waals surface area (Å²) in [4.78, 5) is 24.3. The van der Waals surface area contributed by atoms with E-state index in [2.05, 4.69) is 25.9 Å². The quantitative estimate of drug-likeness (QED) is 0.653. The highest BCUT2D eigenvalue weighted by atomic mass is 19.4. The Balaban J connectivity index is 1.67. The number of hydrogen-bond acceptors (Lipinski definition) is 6. The van der Waals surface area contributed by atoms with Crippen molar-refractivity contribution in [3.63, 3.8) is 0 Å². The SMILES string of the molecule is COc1ccc(-n2ncc(C(=O)NCCNC(=O)C3CCCC3)c2C(F)(F)F)nn1. The van der Waals surface area contributed by atoms with E-state index >= 15 is 0 Å².